The molecule has 118 valence electrons. The van der Waals surface area contributed by atoms with Gasteiger partial charge in [-0.2, -0.15) is 5.10 Å². The molecule has 0 aromatic carbocycles. The lowest BCUT2D eigenvalue weighted by molar-refractivity contribution is 0.0955. The molecule has 21 heavy (non-hydrogen) atoms. The van der Waals surface area contributed by atoms with E-state index in [1.54, 1.807) is 30.1 Å². The minimum atomic E-state index is -0.165. The van der Waals surface area contributed by atoms with Gasteiger partial charge in [-0.1, -0.05) is 0 Å². The number of hydrogen-bond acceptors (Lipinski definition) is 5. The number of halogens is 2. The molecule has 0 bridgehead atoms. The van der Waals surface area contributed by atoms with Crippen molar-refractivity contribution >= 4 is 36.4 Å². The Balaban J connectivity index is 0.00000200. The number of hydrogen-bond donors (Lipinski definition) is 2. The summed E-state index contributed by atoms with van der Waals surface area (Å²) in [6.45, 7) is 2.67. The summed E-state index contributed by atoms with van der Waals surface area (Å²) >= 11 is 0. The Bertz CT molecular complexity index is 549. The monoisotopic (exact) mass is 335 g/mol. The van der Waals surface area contributed by atoms with E-state index < -0.39 is 0 Å². The lowest BCUT2D eigenvalue weighted by Crippen LogP contribution is -2.33. The van der Waals surface area contributed by atoms with Gasteiger partial charge < -0.3 is 15.4 Å². The van der Waals surface area contributed by atoms with Crippen molar-refractivity contribution in [3.63, 3.8) is 0 Å². The van der Waals surface area contributed by atoms with Crippen LogP contribution in [0.4, 0.5) is 0 Å². The van der Waals surface area contributed by atoms with Gasteiger partial charge in [0.25, 0.3) is 5.91 Å². The molecule has 0 atom stereocenters. The molecule has 1 amide bonds. The highest BCUT2D eigenvalue weighted by molar-refractivity contribution is 5.99. The number of carbonyl (C=O) groups excluding carboxylic acids is 1. The summed E-state index contributed by atoms with van der Waals surface area (Å²) in [4.78, 5) is 16.1. The second-order valence-corrected chi connectivity index (χ2v) is 3.94. The van der Waals surface area contributed by atoms with Crippen LogP contribution in [0, 0.1) is 0 Å². The minimum absolute atomic E-state index is 0. The van der Waals surface area contributed by atoms with Gasteiger partial charge in [0.15, 0.2) is 5.65 Å². The van der Waals surface area contributed by atoms with Crippen LogP contribution in [0.1, 0.15) is 10.4 Å². The molecular weight excluding hydrogens is 317 g/mol. The Morgan fingerprint density at radius 3 is 2.90 bits per heavy atom. The maximum absolute atomic E-state index is 12.0. The molecule has 0 unspecified atom stereocenters. The average molecular weight is 336 g/mol. The first-order valence-electron chi connectivity index (χ1n) is 6.09. The fraction of sp³-hybridized carbons (Fsp3) is 0.417. The second-order valence-electron chi connectivity index (χ2n) is 3.94. The number of nitrogens with one attached hydrogen (secondary N) is 2. The third-order valence-electron chi connectivity index (χ3n) is 2.59. The molecule has 0 saturated heterocycles. The molecule has 9 heteroatoms. The van der Waals surface area contributed by atoms with Crippen molar-refractivity contribution in [1.29, 1.82) is 0 Å². The van der Waals surface area contributed by atoms with E-state index in [0.29, 0.717) is 30.9 Å². The minimum Gasteiger partial charge on any atom is -0.383 e. The number of fused-ring (bicyclic) bond motifs is 1. The maximum atomic E-state index is 12.0. The quantitative estimate of drug-likeness (QED) is 0.722. The lowest BCUT2D eigenvalue weighted by Gasteiger charge is -2.05. The normalized spacial score (nSPS) is 9.76. The summed E-state index contributed by atoms with van der Waals surface area (Å²) in [5.41, 5.74) is 1.05. The number of rotatable bonds is 7. The molecule has 0 fully saturated rings. The van der Waals surface area contributed by atoms with Crippen LogP contribution < -0.4 is 10.6 Å². The van der Waals surface area contributed by atoms with Crippen LogP contribution in [0.3, 0.4) is 0 Å². The zero-order chi connectivity index (χ0) is 13.5. The summed E-state index contributed by atoms with van der Waals surface area (Å²) < 4.78 is 6.48. The summed E-state index contributed by atoms with van der Waals surface area (Å²) in [6, 6.07) is 1.77. The highest BCUT2D eigenvalue weighted by atomic mass is 35.5. The first-order valence-corrected chi connectivity index (χ1v) is 6.09. The average Bonchev–Trinajstić information content (AvgIpc) is 2.86. The number of carbonyl (C=O) groups is 1. The van der Waals surface area contributed by atoms with Gasteiger partial charge in [-0.15, -0.1) is 24.8 Å². The van der Waals surface area contributed by atoms with E-state index in [4.69, 9.17) is 4.74 Å². The molecule has 0 aliphatic carbocycles. The number of methoxy groups -OCH3 is 1. The van der Waals surface area contributed by atoms with Gasteiger partial charge in [0.05, 0.1) is 12.8 Å². The smallest absolute Gasteiger partial charge is 0.256 e. The van der Waals surface area contributed by atoms with Gasteiger partial charge in [-0.05, 0) is 6.07 Å². The molecule has 0 aliphatic rings. The van der Waals surface area contributed by atoms with Gasteiger partial charge in [-0.3, -0.25) is 4.79 Å². The molecule has 0 spiro atoms. The molecule has 0 radical (unpaired) electrons. The van der Waals surface area contributed by atoms with Crippen molar-refractivity contribution in [3.05, 3.63) is 30.2 Å². The molecule has 0 aliphatic heterocycles. The van der Waals surface area contributed by atoms with Crippen LogP contribution in [0.15, 0.2) is 24.7 Å². The lowest BCUT2D eigenvalue weighted by atomic mass is 10.3. The Labute approximate surface area is 135 Å². The summed E-state index contributed by atoms with van der Waals surface area (Å²) in [7, 11) is 1.65. The number of nitrogens with zero attached hydrogens (tertiary/aromatic N) is 3. The van der Waals surface area contributed by atoms with Crippen LogP contribution in [-0.4, -0.2) is 53.9 Å². The highest BCUT2D eigenvalue weighted by Crippen LogP contribution is 2.05. The summed E-state index contributed by atoms with van der Waals surface area (Å²) in [6.07, 6.45) is 4.92. The molecule has 2 rings (SSSR count). The van der Waals surface area contributed by atoms with Crippen LogP contribution in [-0.2, 0) is 4.74 Å². The first-order chi connectivity index (χ1) is 9.33. The predicted molar refractivity (Wildman–Crippen MR) is 84.6 cm³/mol. The number of ether oxygens (including phenoxy) is 1. The molecular formula is C12H19Cl2N5O2. The van der Waals surface area contributed by atoms with Crippen molar-refractivity contribution in [1.82, 2.24) is 25.2 Å². The Morgan fingerprint density at radius 1 is 1.33 bits per heavy atom. The Morgan fingerprint density at radius 2 is 2.14 bits per heavy atom. The number of aromatic nitrogens is 3. The van der Waals surface area contributed by atoms with Gasteiger partial charge in [0.2, 0.25) is 0 Å². The SMILES string of the molecule is COCCNCCNC(=O)c1cnn2cccnc12.Cl.Cl. The van der Waals surface area contributed by atoms with E-state index in [2.05, 4.69) is 20.7 Å². The molecule has 2 N–H and O–H groups in total. The fourth-order valence-corrected chi connectivity index (χ4v) is 1.65. The van der Waals surface area contributed by atoms with Gasteiger partial charge >= 0.3 is 0 Å². The van der Waals surface area contributed by atoms with E-state index in [1.807, 2.05) is 0 Å². The van der Waals surface area contributed by atoms with E-state index in [1.165, 1.54) is 6.20 Å². The molecule has 0 saturated carbocycles. The largest absolute Gasteiger partial charge is 0.383 e. The second kappa shape index (κ2) is 10.3. The van der Waals surface area contributed by atoms with E-state index in [0.717, 1.165) is 6.54 Å². The highest BCUT2D eigenvalue weighted by Gasteiger charge is 2.12. The van der Waals surface area contributed by atoms with E-state index in [9.17, 15) is 4.79 Å². The van der Waals surface area contributed by atoms with Gasteiger partial charge in [0.1, 0.15) is 5.56 Å². The Kier molecular flexibility index (Phi) is 9.64. The Hall–Kier alpha value is -1.41. The van der Waals surface area contributed by atoms with Crippen molar-refractivity contribution in [2.45, 2.75) is 0 Å². The third kappa shape index (κ3) is 5.47. The summed E-state index contributed by atoms with van der Waals surface area (Å²) in [5.74, 6) is -0.165. The zero-order valence-corrected chi connectivity index (χ0v) is 13.2. The van der Waals surface area contributed by atoms with Crippen molar-refractivity contribution < 1.29 is 9.53 Å². The molecule has 2 aromatic rings. The van der Waals surface area contributed by atoms with E-state index >= 15 is 0 Å². The first kappa shape index (κ1) is 19.6. The summed E-state index contributed by atoms with van der Waals surface area (Å²) in [5, 5.41) is 10.0. The van der Waals surface area contributed by atoms with Crippen LogP contribution in [0.5, 0.6) is 0 Å². The topological polar surface area (TPSA) is 80.5 Å². The standard InChI is InChI=1S/C12H17N5O2.2ClH/c1-19-8-6-13-4-5-15-12(18)10-9-16-17-7-2-3-14-11(10)17;;/h2-3,7,9,13H,4-6,8H2,1H3,(H,15,18);2*1H. The molecule has 2 aromatic heterocycles. The van der Waals surface area contributed by atoms with Crippen LogP contribution >= 0.6 is 24.8 Å². The van der Waals surface area contributed by atoms with Crippen LogP contribution in [0.25, 0.3) is 5.65 Å². The van der Waals surface area contributed by atoms with Crippen LogP contribution in [0.2, 0.25) is 0 Å². The predicted octanol–water partition coefficient (Wildman–Crippen LogP) is 0.539. The van der Waals surface area contributed by atoms with Crippen molar-refractivity contribution in [2.24, 2.45) is 0 Å². The number of amides is 1. The maximum Gasteiger partial charge on any atom is 0.256 e. The zero-order valence-electron chi connectivity index (χ0n) is 11.6. The molecule has 7 nitrogen and oxygen atoms in total. The fourth-order valence-electron chi connectivity index (χ4n) is 1.65. The third-order valence-corrected chi connectivity index (χ3v) is 2.59. The van der Waals surface area contributed by atoms with Gasteiger partial charge in [0, 0.05) is 39.1 Å². The van der Waals surface area contributed by atoms with Crippen molar-refractivity contribution in [2.75, 3.05) is 33.4 Å². The molecule has 2 heterocycles. The van der Waals surface area contributed by atoms with E-state index in [-0.39, 0.29) is 30.7 Å². The van der Waals surface area contributed by atoms with Crippen molar-refractivity contribution in [3.8, 4) is 0 Å². The van der Waals surface area contributed by atoms with Gasteiger partial charge in [-0.25, -0.2) is 9.50 Å².